The van der Waals surface area contributed by atoms with Crippen molar-refractivity contribution in [2.45, 2.75) is 25.5 Å². The van der Waals surface area contributed by atoms with E-state index in [-0.39, 0.29) is 12.1 Å². The molecule has 0 aliphatic heterocycles. The molecule has 3 nitrogen and oxygen atoms in total. The Morgan fingerprint density at radius 2 is 2.06 bits per heavy atom. The Morgan fingerprint density at radius 1 is 1.41 bits per heavy atom. The van der Waals surface area contributed by atoms with Crippen molar-refractivity contribution < 1.29 is 9.53 Å². The van der Waals surface area contributed by atoms with Gasteiger partial charge in [-0.15, -0.1) is 0 Å². The monoisotopic (exact) mass is 253 g/mol. The zero-order valence-electron chi connectivity index (χ0n) is 10.3. The lowest BCUT2D eigenvalue weighted by Crippen LogP contribution is -2.33. The molecule has 0 saturated carbocycles. The maximum absolute atomic E-state index is 11.7. The van der Waals surface area contributed by atoms with Crippen LogP contribution in [0.25, 0.3) is 0 Å². The van der Waals surface area contributed by atoms with E-state index >= 15 is 0 Å². The number of ether oxygens (including phenoxy) is 1. The van der Waals surface area contributed by atoms with Gasteiger partial charge < -0.3 is 10.5 Å². The van der Waals surface area contributed by atoms with E-state index in [0.29, 0.717) is 6.42 Å². The molecule has 0 amide bonds. The standard InChI is InChI=1S/C13H19NO2S/c1-10(11-6-4-3-5-7-11)16-13(15)12(14)8-9-17-2/h3-7,10,12H,8-9,14H2,1-2H3. The lowest BCUT2D eigenvalue weighted by atomic mass is 10.1. The second-order valence-corrected chi connectivity index (χ2v) is 4.86. The Bertz CT molecular complexity index is 343. The van der Waals surface area contributed by atoms with Crippen LogP contribution in [0.4, 0.5) is 0 Å². The molecular formula is C13H19NO2S. The van der Waals surface area contributed by atoms with Crippen LogP contribution >= 0.6 is 11.8 Å². The number of esters is 1. The lowest BCUT2D eigenvalue weighted by molar-refractivity contribution is -0.150. The first kappa shape index (κ1) is 14.1. The van der Waals surface area contributed by atoms with Crippen LogP contribution in [0.2, 0.25) is 0 Å². The number of benzene rings is 1. The van der Waals surface area contributed by atoms with Crippen molar-refractivity contribution in [2.24, 2.45) is 5.73 Å². The fourth-order valence-electron chi connectivity index (χ4n) is 1.42. The number of nitrogens with two attached hydrogens (primary N) is 1. The van der Waals surface area contributed by atoms with E-state index in [4.69, 9.17) is 10.5 Å². The third-order valence-electron chi connectivity index (χ3n) is 2.50. The van der Waals surface area contributed by atoms with Gasteiger partial charge in [0.2, 0.25) is 0 Å². The molecule has 1 aromatic carbocycles. The van der Waals surface area contributed by atoms with Crippen molar-refractivity contribution in [2.75, 3.05) is 12.0 Å². The van der Waals surface area contributed by atoms with Gasteiger partial charge in [-0.2, -0.15) is 11.8 Å². The summed E-state index contributed by atoms with van der Waals surface area (Å²) in [5.41, 5.74) is 6.73. The summed E-state index contributed by atoms with van der Waals surface area (Å²) in [5, 5.41) is 0. The number of thioether (sulfide) groups is 1. The van der Waals surface area contributed by atoms with Gasteiger partial charge in [-0.05, 0) is 30.9 Å². The summed E-state index contributed by atoms with van der Waals surface area (Å²) in [7, 11) is 0. The van der Waals surface area contributed by atoms with Gasteiger partial charge in [-0.1, -0.05) is 30.3 Å². The van der Waals surface area contributed by atoms with Gasteiger partial charge in [-0.25, -0.2) is 0 Å². The first-order chi connectivity index (χ1) is 8.15. The van der Waals surface area contributed by atoms with Gasteiger partial charge in [-0.3, -0.25) is 4.79 Å². The number of carbonyl (C=O) groups excluding carboxylic acids is 1. The van der Waals surface area contributed by atoms with Crippen LogP contribution in [-0.4, -0.2) is 24.0 Å². The minimum atomic E-state index is -0.520. The second kappa shape index (κ2) is 7.35. The highest BCUT2D eigenvalue weighted by Crippen LogP contribution is 2.16. The van der Waals surface area contributed by atoms with E-state index in [1.165, 1.54) is 0 Å². The molecule has 2 N–H and O–H groups in total. The minimum absolute atomic E-state index is 0.246. The Morgan fingerprint density at radius 3 is 2.65 bits per heavy atom. The second-order valence-electron chi connectivity index (χ2n) is 3.88. The van der Waals surface area contributed by atoms with Crippen molar-refractivity contribution in [1.29, 1.82) is 0 Å². The highest BCUT2D eigenvalue weighted by Gasteiger charge is 2.18. The van der Waals surface area contributed by atoms with Crippen molar-refractivity contribution in [3.05, 3.63) is 35.9 Å². The quantitative estimate of drug-likeness (QED) is 0.791. The summed E-state index contributed by atoms with van der Waals surface area (Å²) in [5.74, 6) is 0.547. The van der Waals surface area contributed by atoms with Crippen molar-refractivity contribution in [1.82, 2.24) is 0 Å². The largest absolute Gasteiger partial charge is 0.457 e. The SMILES string of the molecule is CSCCC(N)C(=O)OC(C)c1ccccc1. The summed E-state index contributed by atoms with van der Waals surface area (Å²) < 4.78 is 5.32. The number of carbonyl (C=O) groups is 1. The van der Waals surface area contributed by atoms with E-state index in [0.717, 1.165) is 11.3 Å². The third kappa shape index (κ3) is 4.79. The van der Waals surface area contributed by atoms with E-state index in [9.17, 15) is 4.79 Å². The predicted octanol–water partition coefficient (Wildman–Crippen LogP) is 2.37. The lowest BCUT2D eigenvalue weighted by Gasteiger charge is -2.16. The Labute approximate surface area is 107 Å². The van der Waals surface area contributed by atoms with Gasteiger partial charge in [0.25, 0.3) is 0 Å². The molecule has 4 heteroatoms. The molecular weight excluding hydrogens is 234 g/mol. The predicted molar refractivity (Wildman–Crippen MR) is 71.9 cm³/mol. The molecule has 0 aliphatic rings. The smallest absolute Gasteiger partial charge is 0.323 e. The molecule has 0 heterocycles. The maximum Gasteiger partial charge on any atom is 0.323 e. The van der Waals surface area contributed by atoms with E-state index < -0.39 is 6.04 Å². The summed E-state index contributed by atoms with van der Waals surface area (Å²) >= 11 is 1.67. The van der Waals surface area contributed by atoms with Crippen LogP contribution in [0, 0.1) is 0 Å². The number of hydrogen-bond donors (Lipinski definition) is 1. The summed E-state index contributed by atoms with van der Waals surface area (Å²) in [4.78, 5) is 11.7. The zero-order chi connectivity index (χ0) is 12.7. The van der Waals surface area contributed by atoms with Gasteiger partial charge in [0, 0.05) is 0 Å². The molecule has 0 radical (unpaired) electrons. The summed E-state index contributed by atoms with van der Waals surface area (Å²) in [6, 6.07) is 9.13. The van der Waals surface area contributed by atoms with Crippen LogP contribution in [0.5, 0.6) is 0 Å². The Balaban J connectivity index is 2.46. The Kier molecular flexibility index (Phi) is 6.08. The molecule has 2 atom stereocenters. The molecule has 0 bridgehead atoms. The van der Waals surface area contributed by atoms with E-state index in [2.05, 4.69) is 0 Å². The van der Waals surface area contributed by atoms with Gasteiger partial charge in [0.1, 0.15) is 12.1 Å². The van der Waals surface area contributed by atoms with Crippen LogP contribution < -0.4 is 5.73 Å². The van der Waals surface area contributed by atoms with Crippen molar-refractivity contribution in [3.8, 4) is 0 Å². The van der Waals surface area contributed by atoms with Gasteiger partial charge in [0.15, 0.2) is 0 Å². The van der Waals surface area contributed by atoms with Gasteiger partial charge >= 0.3 is 5.97 Å². The third-order valence-corrected chi connectivity index (χ3v) is 3.14. The summed E-state index contributed by atoms with van der Waals surface area (Å²) in [6.07, 6.45) is 2.40. The van der Waals surface area contributed by atoms with Crippen molar-refractivity contribution in [3.63, 3.8) is 0 Å². The molecule has 2 unspecified atom stereocenters. The van der Waals surface area contributed by atoms with E-state index in [1.54, 1.807) is 11.8 Å². The number of hydrogen-bond acceptors (Lipinski definition) is 4. The first-order valence-electron chi connectivity index (χ1n) is 5.65. The molecule has 94 valence electrons. The molecule has 1 aromatic rings. The number of rotatable bonds is 6. The highest BCUT2D eigenvalue weighted by molar-refractivity contribution is 7.98. The van der Waals surface area contributed by atoms with Crippen molar-refractivity contribution >= 4 is 17.7 Å². The van der Waals surface area contributed by atoms with Crippen LogP contribution in [0.15, 0.2) is 30.3 Å². The first-order valence-corrected chi connectivity index (χ1v) is 7.04. The van der Waals surface area contributed by atoms with Gasteiger partial charge in [0.05, 0.1) is 0 Å². The molecule has 0 spiro atoms. The van der Waals surface area contributed by atoms with E-state index in [1.807, 2.05) is 43.5 Å². The molecule has 0 saturated heterocycles. The molecule has 1 rings (SSSR count). The normalized spacial score (nSPS) is 14.1. The van der Waals surface area contributed by atoms with Crippen LogP contribution in [-0.2, 0) is 9.53 Å². The molecule has 0 aromatic heterocycles. The average molecular weight is 253 g/mol. The maximum atomic E-state index is 11.7. The average Bonchev–Trinajstić information content (AvgIpc) is 2.36. The van der Waals surface area contributed by atoms with Crippen LogP contribution in [0.1, 0.15) is 25.0 Å². The van der Waals surface area contributed by atoms with Crippen LogP contribution in [0.3, 0.4) is 0 Å². The zero-order valence-corrected chi connectivity index (χ0v) is 11.1. The topological polar surface area (TPSA) is 52.3 Å². The molecule has 0 aliphatic carbocycles. The fraction of sp³-hybridized carbons (Fsp3) is 0.462. The fourth-order valence-corrected chi connectivity index (χ4v) is 1.91. The summed E-state index contributed by atoms with van der Waals surface area (Å²) in [6.45, 7) is 1.86. The molecule has 17 heavy (non-hydrogen) atoms. The minimum Gasteiger partial charge on any atom is -0.457 e. The molecule has 0 fully saturated rings. The Hall–Kier alpha value is -1.00. The highest BCUT2D eigenvalue weighted by atomic mass is 32.2.